The van der Waals surface area contributed by atoms with Gasteiger partial charge in [0, 0.05) is 37.8 Å². The van der Waals surface area contributed by atoms with E-state index in [0.29, 0.717) is 12.5 Å². The van der Waals surface area contributed by atoms with E-state index in [0.717, 1.165) is 44.6 Å². The second-order valence-electron chi connectivity index (χ2n) is 8.15. The van der Waals surface area contributed by atoms with Crippen molar-refractivity contribution < 1.29 is 4.79 Å². The largest absolute Gasteiger partial charge is 0.309 e. The predicted octanol–water partition coefficient (Wildman–Crippen LogP) is 5.48. The number of para-hydroxylation sites is 1. The van der Waals surface area contributed by atoms with Gasteiger partial charge >= 0.3 is 0 Å². The number of hydrogen-bond acceptors (Lipinski definition) is 2. The predicted molar refractivity (Wildman–Crippen MR) is 125 cm³/mol. The molecular weight excluding hydrogens is 380 g/mol. The fourth-order valence-electron chi connectivity index (χ4n) is 4.59. The Labute approximate surface area is 182 Å². The van der Waals surface area contributed by atoms with E-state index in [1.165, 1.54) is 22.3 Å². The number of nitrogens with zero attached hydrogens (tertiary/aromatic N) is 2. The molecule has 0 aromatic heterocycles. The number of hydrogen-bond donors (Lipinski definition) is 0. The third-order valence-corrected chi connectivity index (χ3v) is 6.05. The normalized spacial score (nSPS) is 15.0. The smallest absolute Gasteiger partial charge is 0.226 e. The number of rotatable bonds is 6. The van der Waals surface area contributed by atoms with Gasteiger partial charge in [-0.05, 0) is 68.9 Å². The van der Waals surface area contributed by atoms with Crippen molar-refractivity contribution in [1.29, 1.82) is 0 Å². The van der Waals surface area contributed by atoms with Crippen LogP contribution in [-0.4, -0.2) is 36.5 Å². The summed E-state index contributed by atoms with van der Waals surface area (Å²) < 4.78 is 0. The van der Waals surface area contributed by atoms with E-state index < -0.39 is 0 Å². The highest BCUT2D eigenvalue weighted by atomic mass is 35.5. The molecule has 1 amide bonds. The zero-order valence-electron chi connectivity index (χ0n) is 18.3. The summed E-state index contributed by atoms with van der Waals surface area (Å²) in [6, 6.07) is 15.1. The highest BCUT2D eigenvalue weighted by Crippen LogP contribution is 2.25. The molecule has 1 saturated heterocycles. The van der Waals surface area contributed by atoms with E-state index in [-0.39, 0.29) is 18.3 Å². The lowest BCUT2D eigenvalue weighted by atomic mass is 9.96. The Bertz CT molecular complexity index is 775. The van der Waals surface area contributed by atoms with Gasteiger partial charge in [-0.25, -0.2) is 0 Å². The van der Waals surface area contributed by atoms with Crippen molar-refractivity contribution in [1.82, 2.24) is 4.90 Å². The van der Waals surface area contributed by atoms with Crippen molar-refractivity contribution in [2.45, 2.75) is 59.4 Å². The van der Waals surface area contributed by atoms with E-state index >= 15 is 0 Å². The maximum atomic E-state index is 12.6. The fourth-order valence-corrected chi connectivity index (χ4v) is 4.59. The standard InChI is InChI=1S/C25H34N2O.ClH/c1-5-25(28)27(22-9-7-6-8-10-22)23-11-14-26(15-12-23)16-13-24-20(3)17-19(2)18-21(24)4;/h6-10,17-18,23H,5,11-16H2,1-4H3;1H. The van der Waals surface area contributed by atoms with Crippen LogP contribution in [0, 0.1) is 20.8 Å². The lowest BCUT2D eigenvalue weighted by Gasteiger charge is -2.38. The number of amides is 1. The third-order valence-electron chi connectivity index (χ3n) is 6.05. The molecule has 0 radical (unpaired) electrons. The van der Waals surface area contributed by atoms with Gasteiger partial charge in [0.1, 0.15) is 0 Å². The molecule has 2 aromatic carbocycles. The summed E-state index contributed by atoms with van der Waals surface area (Å²) in [5.41, 5.74) is 6.71. The minimum atomic E-state index is 0. The van der Waals surface area contributed by atoms with Crippen molar-refractivity contribution in [2.75, 3.05) is 24.5 Å². The molecule has 3 nitrogen and oxygen atoms in total. The second-order valence-corrected chi connectivity index (χ2v) is 8.15. The molecule has 4 heteroatoms. The van der Waals surface area contributed by atoms with Gasteiger partial charge in [-0.3, -0.25) is 4.79 Å². The molecule has 0 aliphatic carbocycles. The highest BCUT2D eigenvalue weighted by molar-refractivity contribution is 5.93. The SMILES string of the molecule is CCC(=O)N(c1ccccc1)C1CCN(CCc2c(C)cc(C)cc2C)CC1.Cl. The van der Waals surface area contributed by atoms with E-state index in [1.54, 1.807) is 0 Å². The number of aryl methyl sites for hydroxylation is 3. The number of likely N-dealkylation sites (tertiary alicyclic amines) is 1. The molecular formula is C25H35ClN2O. The molecule has 158 valence electrons. The molecule has 1 aliphatic heterocycles. The van der Waals surface area contributed by atoms with Crippen LogP contribution in [0.5, 0.6) is 0 Å². The number of benzene rings is 2. The van der Waals surface area contributed by atoms with Gasteiger partial charge < -0.3 is 9.80 Å². The first-order valence-electron chi connectivity index (χ1n) is 10.7. The number of anilines is 1. The summed E-state index contributed by atoms with van der Waals surface area (Å²) >= 11 is 0. The van der Waals surface area contributed by atoms with Crippen LogP contribution < -0.4 is 4.90 Å². The topological polar surface area (TPSA) is 23.6 Å². The Morgan fingerprint density at radius 3 is 2.17 bits per heavy atom. The summed E-state index contributed by atoms with van der Waals surface area (Å²) in [6.45, 7) is 11.8. The van der Waals surface area contributed by atoms with Gasteiger partial charge in [0.25, 0.3) is 0 Å². The van der Waals surface area contributed by atoms with Gasteiger partial charge in [-0.1, -0.05) is 42.8 Å². The minimum absolute atomic E-state index is 0. The summed E-state index contributed by atoms with van der Waals surface area (Å²) in [5, 5.41) is 0. The number of halogens is 1. The molecule has 29 heavy (non-hydrogen) atoms. The van der Waals surface area contributed by atoms with Crippen molar-refractivity contribution in [3.8, 4) is 0 Å². The second kappa shape index (κ2) is 10.8. The van der Waals surface area contributed by atoms with E-state index in [2.05, 4.69) is 49.9 Å². The first-order valence-corrected chi connectivity index (χ1v) is 10.7. The number of carbonyl (C=O) groups excluding carboxylic acids is 1. The molecule has 3 rings (SSSR count). The van der Waals surface area contributed by atoms with Crippen LogP contribution in [0.1, 0.15) is 48.4 Å². The molecule has 1 heterocycles. The van der Waals surface area contributed by atoms with E-state index in [4.69, 9.17) is 0 Å². The van der Waals surface area contributed by atoms with Crippen LogP contribution >= 0.6 is 12.4 Å². The molecule has 0 saturated carbocycles. The summed E-state index contributed by atoms with van der Waals surface area (Å²) in [5.74, 6) is 0.232. The molecule has 2 aromatic rings. The molecule has 0 atom stereocenters. The van der Waals surface area contributed by atoms with Crippen molar-refractivity contribution in [3.05, 3.63) is 64.7 Å². The number of carbonyl (C=O) groups is 1. The van der Waals surface area contributed by atoms with Gasteiger partial charge in [-0.2, -0.15) is 0 Å². The molecule has 1 aliphatic rings. The maximum Gasteiger partial charge on any atom is 0.226 e. The van der Waals surface area contributed by atoms with Crippen LogP contribution in [0.3, 0.4) is 0 Å². The quantitative estimate of drug-likeness (QED) is 0.624. The Morgan fingerprint density at radius 1 is 1.03 bits per heavy atom. The number of piperidine rings is 1. The van der Waals surface area contributed by atoms with Crippen LogP contribution in [0.25, 0.3) is 0 Å². The molecule has 0 unspecified atom stereocenters. The molecule has 0 spiro atoms. The molecule has 1 fully saturated rings. The Morgan fingerprint density at radius 2 is 1.62 bits per heavy atom. The van der Waals surface area contributed by atoms with Gasteiger partial charge in [-0.15, -0.1) is 12.4 Å². The average Bonchev–Trinajstić information content (AvgIpc) is 2.69. The average molecular weight is 415 g/mol. The maximum absolute atomic E-state index is 12.6. The van der Waals surface area contributed by atoms with Crippen LogP contribution in [0.2, 0.25) is 0 Å². The zero-order chi connectivity index (χ0) is 20.1. The monoisotopic (exact) mass is 414 g/mol. The third kappa shape index (κ3) is 5.83. The lowest BCUT2D eigenvalue weighted by Crippen LogP contribution is -2.48. The van der Waals surface area contributed by atoms with Crippen LogP contribution in [-0.2, 0) is 11.2 Å². The Kier molecular flexibility index (Phi) is 8.73. The summed E-state index contributed by atoms with van der Waals surface area (Å²) in [6.07, 6.45) is 3.76. The van der Waals surface area contributed by atoms with Gasteiger partial charge in [0.15, 0.2) is 0 Å². The highest BCUT2D eigenvalue weighted by Gasteiger charge is 2.28. The van der Waals surface area contributed by atoms with Crippen LogP contribution in [0.15, 0.2) is 42.5 Å². The zero-order valence-corrected chi connectivity index (χ0v) is 19.1. The van der Waals surface area contributed by atoms with Crippen molar-refractivity contribution in [3.63, 3.8) is 0 Å². The first kappa shape index (κ1) is 23.4. The van der Waals surface area contributed by atoms with E-state index in [1.807, 2.05) is 30.0 Å². The Hall–Kier alpha value is -1.84. The fraction of sp³-hybridized carbons (Fsp3) is 0.480. The van der Waals surface area contributed by atoms with Gasteiger partial charge in [0.2, 0.25) is 5.91 Å². The minimum Gasteiger partial charge on any atom is -0.309 e. The van der Waals surface area contributed by atoms with E-state index in [9.17, 15) is 4.79 Å². The molecule has 0 N–H and O–H groups in total. The van der Waals surface area contributed by atoms with Crippen molar-refractivity contribution in [2.24, 2.45) is 0 Å². The summed E-state index contributed by atoms with van der Waals surface area (Å²) in [4.78, 5) is 17.2. The summed E-state index contributed by atoms with van der Waals surface area (Å²) in [7, 11) is 0. The first-order chi connectivity index (χ1) is 13.5. The van der Waals surface area contributed by atoms with Gasteiger partial charge in [0.05, 0.1) is 0 Å². The lowest BCUT2D eigenvalue weighted by molar-refractivity contribution is -0.119. The molecule has 0 bridgehead atoms. The van der Waals surface area contributed by atoms with Crippen molar-refractivity contribution >= 4 is 24.0 Å². The Balaban J connectivity index is 0.00000300. The van der Waals surface area contributed by atoms with Crippen LogP contribution in [0.4, 0.5) is 5.69 Å².